The number of nitrogens with one attached hydrogen (secondary N) is 1. The number of fused-ring (bicyclic) bond motifs is 1. The van der Waals surface area contributed by atoms with Gasteiger partial charge in [0.25, 0.3) is 5.91 Å². The Labute approximate surface area is 237 Å². The Morgan fingerprint density at radius 2 is 1.68 bits per heavy atom. The number of hydrazone groups is 1. The van der Waals surface area contributed by atoms with Crippen molar-refractivity contribution in [2.24, 2.45) is 5.10 Å². The van der Waals surface area contributed by atoms with Gasteiger partial charge in [-0.3, -0.25) is 4.79 Å². The summed E-state index contributed by atoms with van der Waals surface area (Å²) in [6.45, 7) is 2.40. The maximum absolute atomic E-state index is 12.7. The molecule has 0 heterocycles. The number of ether oxygens (including phenoxy) is 3. The molecule has 194 valence electrons. The molecule has 4 aromatic carbocycles. The molecule has 0 unspecified atom stereocenters. The molecule has 0 atom stereocenters. The number of halogens is 2. The van der Waals surface area contributed by atoms with Crippen LogP contribution < -0.4 is 19.6 Å². The first-order valence-corrected chi connectivity index (χ1v) is 13.4. The zero-order valence-corrected chi connectivity index (χ0v) is 23.6. The predicted molar refractivity (Wildman–Crippen MR) is 154 cm³/mol. The maximum atomic E-state index is 12.7. The van der Waals surface area contributed by atoms with Crippen LogP contribution >= 0.6 is 31.9 Å². The first-order chi connectivity index (χ1) is 18.4. The summed E-state index contributed by atoms with van der Waals surface area (Å²) in [5.41, 5.74) is 3.31. The summed E-state index contributed by atoms with van der Waals surface area (Å²) in [5.74, 6) is 0.558. The molecular formula is C29H24Br2N2O5. The van der Waals surface area contributed by atoms with E-state index in [1.807, 2.05) is 37.3 Å². The van der Waals surface area contributed by atoms with Crippen molar-refractivity contribution < 1.29 is 23.8 Å². The van der Waals surface area contributed by atoms with E-state index in [0.717, 1.165) is 26.1 Å². The first kappa shape index (κ1) is 27.3. The Morgan fingerprint density at radius 1 is 0.921 bits per heavy atom. The highest BCUT2D eigenvalue weighted by molar-refractivity contribution is 9.11. The largest absolute Gasteiger partial charge is 0.494 e. The Kier molecular flexibility index (Phi) is 9.51. The first-order valence-electron chi connectivity index (χ1n) is 11.8. The Hall–Kier alpha value is -3.69. The van der Waals surface area contributed by atoms with Gasteiger partial charge < -0.3 is 14.2 Å². The number of carbonyl (C=O) groups is 2. The van der Waals surface area contributed by atoms with Gasteiger partial charge in [0.1, 0.15) is 17.2 Å². The van der Waals surface area contributed by atoms with Gasteiger partial charge in [-0.15, -0.1) is 0 Å². The average molecular weight is 640 g/mol. The van der Waals surface area contributed by atoms with E-state index in [4.69, 9.17) is 14.2 Å². The zero-order chi connectivity index (χ0) is 26.9. The molecule has 7 nitrogen and oxygen atoms in total. The lowest BCUT2D eigenvalue weighted by Gasteiger charge is -2.10. The number of hydrogen-bond acceptors (Lipinski definition) is 6. The maximum Gasteiger partial charge on any atom is 0.343 e. The molecule has 0 saturated carbocycles. The van der Waals surface area contributed by atoms with Crippen molar-refractivity contribution >= 4 is 60.7 Å². The van der Waals surface area contributed by atoms with E-state index in [1.165, 1.54) is 6.21 Å². The van der Waals surface area contributed by atoms with E-state index in [9.17, 15) is 9.59 Å². The molecule has 1 amide bonds. The number of esters is 1. The molecule has 0 radical (unpaired) electrons. The molecule has 0 saturated heterocycles. The minimum absolute atomic E-state index is 0.230. The van der Waals surface area contributed by atoms with Crippen LogP contribution in [0.25, 0.3) is 10.8 Å². The van der Waals surface area contributed by atoms with Gasteiger partial charge >= 0.3 is 5.97 Å². The van der Waals surface area contributed by atoms with Crippen LogP contribution in [-0.2, 0) is 4.79 Å². The lowest BCUT2D eigenvalue weighted by atomic mass is 10.1. The average Bonchev–Trinajstić information content (AvgIpc) is 2.93. The fourth-order valence-corrected chi connectivity index (χ4v) is 4.44. The van der Waals surface area contributed by atoms with Crippen molar-refractivity contribution in [3.63, 3.8) is 0 Å². The molecular weight excluding hydrogens is 616 g/mol. The molecule has 0 bridgehead atoms. The van der Waals surface area contributed by atoms with Crippen LogP contribution in [0.3, 0.4) is 0 Å². The number of hydrogen-bond donors (Lipinski definition) is 1. The Morgan fingerprint density at radius 3 is 2.47 bits per heavy atom. The van der Waals surface area contributed by atoms with E-state index in [-0.39, 0.29) is 6.61 Å². The van der Waals surface area contributed by atoms with Gasteiger partial charge in [0.2, 0.25) is 0 Å². The van der Waals surface area contributed by atoms with Crippen molar-refractivity contribution in [1.29, 1.82) is 0 Å². The number of nitrogens with zero attached hydrogens (tertiary/aromatic N) is 1. The SMILES string of the molecule is CCCOc1ccc(C(=O)Oc2ccc(Br)cc2/C=N\NC(=O)COc2ccc3ccccc3c2Br)cc1. The molecule has 4 aromatic rings. The van der Waals surface area contributed by atoms with Crippen LogP contribution in [0.15, 0.2) is 92.9 Å². The lowest BCUT2D eigenvalue weighted by molar-refractivity contribution is -0.123. The van der Waals surface area contributed by atoms with Crippen LogP contribution in [-0.4, -0.2) is 31.3 Å². The monoisotopic (exact) mass is 638 g/mol. The van der Waals surface area contributed by atoms with Crippen molar-refractivity contribution in [3.05, 3.63) is 98.9 Å². The third-order valence-corrected chi connectivity index (χ3v) is 6.63. The van der Waals surface area contributed by atoms with Crippen LogP contribution in [0.4, 0.5) is 0 Å². The van der Waals surface area contributed by atoms with Gasteiger partial charge in [0, 0.05) is 10.0 Å². The summed E-state index contributed by atoms with van der Waals surface area (Å²) in [7, 11) is 0. The van der Waals surface area contributed by atoms with Gasteiger partial charge in [-0.2, -0.15) is 5.10 Å². The van der Waals surface area contributed by atoms with Crippen molar-refractivity contribution in [2.75, 3.05) is 13.2 Å². The summed E-state index contributed by atoms with van der Waals surface area (Å²) in [6, 6.07) is 23.4. The molecule has 1 N–H and O–H groups in total. The summed E-state index contributed by atoms with van der Waals surface area (Å²) in [5, 5.41) is 6.05. The predicted octanol–water partition coefficient (Wildman–Crippen LogP) is 6.90. The Bertz CT molecular complexity index is 1470. The highest BCUT2D eigenvalue weighted by Crippen LogP contribution is 2.33. The number of benzene rings is 4. The molecule has 4 rings (SSSR count). The standard InChI is InChI=1S/C29H24Br2N2O5/c1-2-15-36-23-11-7-20(8-12-23)29(35)38-25-14-10-22(30)16-21(25)17-32-33-27(34)18-37-26-13-9-19-5-3-4-6-24(19)28(26)31/h3-14,16-17H,2,15,18H2,1H3,(H,33,34)/b32-17-. The molecule has 0 aromatic heterocycles. The van der Waals surface area contributed by atoms with E-state index in [2.05, 4.69) is 42.4 Å². The van der Waals surface area contributed by atoms with Crippen LogP contribution in [0.1, 0.15) is 29.3 Å². The van der Waals surface area contributed by atoms with E-state index in [1.54, 1.807) is 48.5 Å². The lowest BCUT2D eigenvalue weighted by Crippen LogP contribution is -2.24. The third-order valence-electron chi connectivity index (χ3n) is 5.32. The smallest absolute Gasteiger partial charge is 0.343 e. The van der Waals surface area contributed by atoms with E-state index < -0.39 is 11.9 Å². The molecule has 38 heavy (non-hydrogen) atoms. The molecule has 0 aliphatic rings. The van der Waals surface area contributed by atoms with Gasteiger partial charge in [-0.25, -0.2) is 10.2 Å². The van der Waals surface area contributed by atoms with Gasteiger partial charge in [0.15, 0.2) is 6.61 Å². The molecule has 0 spiro atoms. The third kappa shape index (κ3) is 7.20. The second-order valence-electron chi connectivity index (χ2n) is 8.13. The quantitative estimate of drug-likeness (QED) is 0.0883. The van der Waals surface area contributed by atoms with Gasteiger partial charge in [0.05, 0.1) is 22.9 Å². The van der Waals surface area contributed by atoms with Crippen molar-refractivity contribution in [2.45, 2.75) is 13.3 Å². The summed E-state index contributed by atoms with van der Waals surface area (Å²) < 4.78 is 18.3. The molecule has 9 heteroatoms. The molecule has 0 aliphatic carbocycles. The number of amides is 1. The topological polar surface area (TPSA) is 86.2 Å². The highest BCUT2D eigenvalue weighted by Gasteiger charge is 2.13. The van der Waals surface area contributed by atoms with E-state index >= 15 is 0 Å². The molecule has 0 aliphatic heterocycles. The van der Waals surface area contributed by atoms with Gasteiger partial charge in [-0.05, 0) is 81.7 Å². The highest BCUT2D eigenvalue weighted by atomic mass is 79.9. The van der Waals surface area contributed by atoms with Crippen LogP contribution in [0.5, 0.6) is 17.2 Å². The fourth-order valence-electron chi connectivity index (χ4n) is 3.45. The summed E-state index contributed by atoms with van der Waals surface area (Å²) in [4.78, 5) is 25.0. The number of carbonyl (C=O) groups excluding carboxylic acids is 2. The zero-order valence-electron chi connectivity index (χ0n) is 20.4. The molecule has 0 fully saturated rings. The van der Waals surface area contributed by atoms with Crippen molar-refractivity contribution in [3.8, 4) is 17.2 Å². The van der Waals surface area contributed by atoms with Crippen LogP contribution in [0.2, 0.25) is 0 Å². The summed E-state index contributed by atoms with van der Waals surface area (Å²) in [6.07, 6.45) is 2.30. The second-order valence-corrected chi connectivity index (χ2v) is 9.83. The summed E-state index contributed by atoms with van der Waals surface area (Å²) >= 11 is 6.94. The van der Waals surface area contributed by atoms with Crippen molar-refractivity contribution in [1.82, 2.24) is 5.43 Å². The van der Waals surface area contributed by atoms with E-state index in [0.29, 0.717) is 35.0 Å². The fraction of sp³-hybridized carbons (Fsp3) is 0.138. The second kappa shape index (κ2) is 13.2. The van der Waals surface area contributed by atoms with Crippen LogP contribution in [0, 0.1) is 0 Å². The normalized spacial score (nSPS) is 10.9. The minimum Gasteiger partial charge on any atom is -0.494 e. The minimum atomic E-state index is -0.526. The number of rotatable bonds is 10. The van der Waals surface area contributed by atoms with Gasteiger partial charge in [-0.1, -0.05) is 53.2 Å². The Balaban J connectivity index is 1.36.